The van der Waals surface area contributed by atoms with Crippen molar-refractivity contribution in [2.75, 3.05) is 18.9 Å². The van der Waals surface area contributed by atoms with Crippen molar-refractivity contribution in [2.45, 2.75) is 25.8 Å². The Labute approximate surface area is 99.6 Å². The van der Waals surface area contributed by atoms with E-state index < -0.39 is 0 Å². The molecule has 1 saturated heterocycles. The van der Waals surface area contributed by atoms with Gasteiger partial charge in [-0.25, -0.2) is 9.97 Å². The molecule has 3 heterocycles. The number of nitrogens with zero attached hydrogens (tertiary/aromatic N) is 3. The lowest BCUT2D eigenvalue weighted by Crippen LogP contribution is -2.22. The van der Waals surface area contributed by atoms with Gasteiger partial charge in [0.05, 0.1) is 12.6 Å². The zero-order valence-corrected chi connectivity index (χ0v) is 9.89. The number of rotatable bonds is 1. The predicted molar refractivity (Wildman–Crippen MR) is 65.8 cm³/mol. The quantitative estimate of drug-likeness (QED) is 0.812. The monoisotopic (exact) mass is 232 g/mol. The Morgan fingerprint density at radius 2 is 2.41 bits per heavy atom. The van der Waals surface area contributed by atoms with Crippen LogP contribution in [-0.4, -0.2) is 27.7 Å². The minimum absolute atomic E-state index is 0.267. The molecule has 2 N–H and O–H groups in total. The van der Waals surface area contributed by atoms with E-state index in [1.807, 2.05) is 17.6 Å². The van der Waals surface area contributed by atoms with Gasteiger partial charge in [0.15, 0.2) is 5.65 Å². The lowest BCUT2D eigenvalue weighted by molar-refractivity contribution is 0.0610. The molecule has 1 atom stereocenters. The van der Waals surface area contributed by atoms with Crippen LogP contribution in [0.1, 0.15) is 24.4 Å². The van der Waals surface area contributed by atoms with Gasteiger partial charge >= 0.3 is 0 Å². The average Bonchev–Trinajstić information content (AvgIpc) is 2.68. The van der Waals surface area contributed by atoms with Crippen molar-refractivity contribution in [3.63, 3.8) is 0 Å². The number of imidazole rings is 1. The first-order valence-electron chi connectivity index (χ1n) is 5.94. The van der Waals surface area contributed by atoms with Gasteiger partial charge in [-0.05, 0) is 31.4 Å². The third-order valence-electron chi connectivity index (χ3n) is 3.31. The second kappa shape index (κ2) is 4.00. The summed E-state index contributed by atoms with van der Waals surface area (Å²) in [4.78, 5) is 8.81. The Bertz CT molecular complexity index is 543. The van der Waals surface area contributed by atoms with E-state index in [4.69, 9.17) is 10.5 Å². The lowest BCUT2D eigenvalue weighted by Gasteiger charge is -2.24. The van der Waals surface area contributed by atoms with Crippen LogP contribution in [0, 0.1) is 6.92 Å². The molecule has 0 radical (unpaired) electrons. The van der Waals surface area contributed by atoms with Crippen LogP contribution in [0.2, 0.25) is 0 Å². The van der Waals surface area contributed by atoms with Crippen molar-refractivity contribution in [1.82, 2.24) is 14.5 Å². The van der Waals surface area contributed by atoms with Crippen LogP contribution in [0.3, 0.4) is 0 Å². The highest BCUT2D eigenvalue weighted by Gasteiger charge is 2.21. The number of nitrogens with two attached hydrogens (primary N) is 1. The summed E-state index contributed by atoms with van der Waals surface area (Å²) in [5.41, 5.74) is 8.89. The number of fused-ring (bicyclic) bond motifs is 1. The SMILES string of the molecule is Cc1ccnc2c1nc(N)n2C1CCCOC1. The number of hydrogen-bond donors (Lipinski definition) is 1. The summed E-state index contributed by atoms with van der Waals surface area (Å²) in [6.07, 6.45) is 3.94. The standard InChI is InChI=1S/C12H16N4O/c1-8-4-5-14-11-10(8)15-12(13)16(11)9-3-2-6-17-7-9/h4-5,9H,2-3,6-7H2,1H3,(H2,13,15). The van der Waals surface area contributed by atoms with E-state index in [9.17, 15) is 0 Å². The summed E-state index contributed by atoms with van der Waals surface area (Å²) in [5.74, 6) is 0.539. The number of anilines is 1. The Morgan fingerprint density at radius 3 is 3.18 bits per heavy atom. The summed E-state index contributed by atoms with van der Waals surface area (Å²) < 4.78 is 7.52. The molecule has 0 aliphatic carbocycles. The minimum Gasteiger partial charge on any atom is -0.379 e. The molecule has 17 heavy (non-hydrogen) atoms. The lowest BCUT2D eigenvalue weighted by atomic mass is 10.1. The largest absolute Gasteiger partial charge is 0.379 e. The maximum atomic E-state index is 6.01. The van der Waals surface area contributed by atoms with E-state index in [-0.39, 0.29) is 6.04 Å². The molecule has 3 rings (SSSR count). The molecule has 5 nitrogen and oxygen atoms in total. The van der Waals surface area contributed by atoms with Crippen LogP contribution >= 0.6 is 0 Å². The van der Waals surface area contributed by atoms with Crippen LogP contribution in [0.25, 0.3) is 11.2 Å². The van der Waals surface area contributed by atoms with E-state index >= 15 is 0 Å². The molecular formula is C12H16N4O. The predicted octanol–water partition coefficient (Wildman–Crippen LogP) is 1.67. The molecule has 2 aromatic heterocycles. The van der Waals surface area contributed by atoms with Gasteiger partial charge in [0, 0.05) is 12.8 Å². The molecule has 0 amide bonds. The van der Waals surface area contributed by atoms with E-state index in [1.165, 1.54) is 0 Å². The van der Waals surface area contributed by atoms with Gasteiger partial charge in [-0.15, -0.1) is 0 Å². The number of hydrogen-bond acceptors (Lipinski definition) is 4. The highest BCUT2D eigenvalue weighted by atomic mass is 16.5. The van der Waals surface area contributed by atoms with Crippen LogP contribution in [-0.2, 0) is 4.74 Å². The maximum absolute atomic E-state index is 6.01. The molecule has 1 aliphatic rings. The number of pyridine rings is 1. The molecule has 1 fully saturated rings. The van der Waals surface area contributed by atoms with Gasteiger partial charge in [0.25, 0.3) is 0 Å². The summed E-state index contributed by atoms with van der Waals surface area (Å²) in [5, 5.41) is 0. The maximum Gasteiger partial charge on any atom is 0.202 e. The van der Waals surface area contributed by atoms with Crippen molar-refractivity contribution in [3.8, 4) is 0 Å². The third-order valence-corrected chi connectivity index (χ3v) is 3.31. The molecule has 5 heteroatoms. The highest BCUT2D eigenvalue weighted by molar-refractivity contribution is 5.77. The number of aryl methyl sites for hydroxylation is 1. The zero-order valence-electron chi connectivity index (χ0n) is 9.89. The van der Waals surface area contributed by atoms with Gasteiger partial charge < -0.3 is 10.5 Å². The van der Waals surface area contributed by atoms with Crippen LogP contribution in [0.5, 0.6) is 0 Å². The minimum atomic E-state index is 0.267. The molecule has 0 aromatic carbocycles. The summed E-state index contributed by atoms with van der Waals surface area (Å²) in [6, 6.07) is 2.22. The second-order valence-electron chi connectivity index (χ2n) is 4.51. The molecule has 90 valence electrons. The Hall–Kier alpha value is -1.62. The normalized spacial score (nSPS) is 20.9. The van der Waals surface area contributed by atoms with Crippen LogP contribution in [0.15, 0.2) is 12.3 Å². The van der Waals surface area contributed by atoms with E-state index in [0.29, 0.717) is 12.6 Å². The molecule has 1 aliphatic heterocycles. The fourth-order valence-electron chi connectivity index (χ4n) is 2.41. The number of ether oxygens (including phenoxy) is 1. The smallest absolute Gasteiger partial charge is 0.202 e. The van der Waals surface area contributed by atoms with E-state index in [1.54, 1.807) is 6.20 Å². The van der Waals surface area contributed by atoms with Crippen molar-refractivity contribution in [1.29, 1.82) is 0 Å². The first-order chi connectivity index (χ1) is 8.27. The molecular weight excluding hydrogens is 216 g/mol. The third kappa shape index (κ3) is 1.67. The van der Waals surface area contributed by atoms with Crippen molar-refractivity contribution in [3.05, 3.63) is 17.8 Å². The van der Waals surface area contributed by atoms with E-state index in [0.717, 1.165) is 36.2 Å². The molecule has 0 saturated carbocycles. The van der Waals surface area contributed by atoms with Gasteiger partial charge in [-0.1, -0.05) is 0 Å². The van der Waals surface area contributed by atoms with Crippen LogP contribution < -0.4 is 5.73 Å². The van der Waals surface area contributed by atoms with Gasteiger partial charge in [-0.2, -0.15) is 0 Å². The fraction of sp³-hybridized carbons (Fsp3) is 0.500. The van der Waals surface area contributed by atoms with E-state index in [2.05, 4.69) is 9.97 Å². The topological polar surface area (TPSA) is 66.0 Å². The summed E-state index contributed by atoms with van der Waals surface area (Å²) in [7, 11) is 0. The van der Waals surface area contributed by atoms with Gasteiger partial charge in [0.1, 0.15) is 5.52 Å². The second-order valence-corrected chi connectivity index (χ2v) is 4.51. The van der Waals surface area contributed by atoms with Gasteiger partial charge in [-0.3, -0.25) is 4.57 Å². The van der Waals surface area contributed by atoms with Crippen molar-refractivity contribution in [2.24, 2.45) is 0 Å². The summed E-state index contributed by atoms with van der Waals surface area (Å²) >= 11 is 0. The van der Waals surface area contributed by atoms with Gasteiger partial charge in [0.2, 0.25) is 5.95 Å². The first-order valence-corrected chi connectivity index (χ1v) is 5.94. The fourth-order valence-corrected chi connectivity index (χ4v) is 2.41. The molecule has 0 bridgehead atoms. The Balaban J connectivity index is 2.14. The molecule has 1 unspecified atom stereocenters. The first kappa shape index (κ1) is 10.5. The molecule has 2 aromatic rings. The average molecular weight is 232 g/mol. The Morgan fingerprint density at radius 1 is 1.53 bits per heavy atom. The summed E-state index contributed by atoms with van der Waals surface area (Å²) in [6.45, 7) is 3.57. The number of nitrogen functional groups attached to an aromatic ring is 1. The van der Waals surface area contributed by atoms with Crippen molar-refractivity contribution >= 4 is 17.1 Å². The number of aromatic nitrogens is 3. The van der Waals surface area contributed by atoms with Crippen molar-refractivity contribution < 1.29 is 4.74 Å². The Kier molecular flexibility index (Phi) is 2.48. The molecule has 0 spiro atoms. The zero-order chi connectivity index (χ0) is 11.8. The highest BCUT2D eigenvalue weighted by Crippen LogP contribution is 2.27. The van der Waals surface area contributed by atoms with Crippen LogP contribution in [0.4, 0.5) is 5.95 Å².